The van der Waals surface area contributed by atoms with Crippen LogP contribution in [0.3, 0.4) is 0 Å². The summed E-state index contributed by atoms with van der Waals surface area (Å²) in [5.74, 6) is 0. The Labute approximate surface area is 58.5 Å². The van der Waals surface area contributed by atoms with Gasteiger partial charge in [-0.15, -0.1) is 0 Å². The second-order valence-corrected chi connectivity index (χ2v) is 2.10. The predicted octanol–water partition coefficient (Wildman–Crippen LogP) is 1.05. The maximum atomic E-state index is 11.9. The van der Waals surface area contributed by atoms with E-state index in [0.717, 1.165) is 10.0 Å². The monoisotopic (exact) mass is 142 g/mol. The normalized spacial score (nSPS) is 9.50. The molecule has 52 valence electrons. The largest absolute Gasteiger partial charge is 0.934 e. The van der Waals surface area contributed by atoms with E-state index in [9.17, 15) is 8.63 Å². The van der Waals surface area contributed by atoms with Crippen molar-refractivity contribution in [3.8, 4) is 0 Å². The van der Waals surface area contributed by atoms with Crippen LogP contribution in [0.4, 0.5) is 8.63 Å². The van der Waals surface area contributed by atoms with E-state index in [4.69, 9.17) is 0 Å². The fourth-order valence-electron chi connectivity index (χ4n) is 0.643. The Morgan fingerprint density at radius 1 is 1.30 bits per heavy atom. The topological polar surface area (TPSA) is 3.88 Å². The van der Waals surface area contributed by atoms with Gasteiger partial charge in [0.05, 0.1) is 0 Å². The van der Waals surface area contributed by atoms with Crippen molar-refractivity contribution in [1.82, 2.24) is 0 Å². The smallest absolute Gasteiger partial charge is 0.223 e. The summed E-state index contributed by atoms with van der Waals surface area (Å²) in [5.41, 5.74) is 0.983. The molecule has 4 heteroatoms. The lowest BCUT2D eigenvalue weighted by molar-refractivity contribution is -0.554. The summed E-state index contributed by atoms with van der Waals surface area (Å²) in [6.07, 6.45) is 2.72. The molecule has 0 N–H and O–H groups in total. The van der Waals surface area contributed by atoms with E-state index in [2.05, 4.69) is 0 Å². The lowest BCUT2D eigenvalue weighted by Crippen LogP contribution is -2.44. The van der Waals surface area contributed by atoms with Crippen molar-refractivity contribution in [2.24, 2.45) is 0 Å². The maximum absolute atomic E-state index is 11.9. The fourth-order valence-corrected chi connectivity index (χ4v) is 0.643. The second-order valence-electron chi connectivity index (χ2n) is 2.10. The third kappa shape index (κ3) is 1.53. The first-order chi connectivity index (χ1) is 4.70. The molecule has 0 fully saturated rings. The highest BCUT2D eigenvalue weighted by Gasteiger charge is 2.30. The highest BCUT2D eigenvalue weighted by atomic mass is 19.2. The molecule has 10 heavy (non-hydrogen) atoms. The van der Waals surface area contributed by atoms with Crippen molar-refractivity contribution in [3.05, 3.63) is 30.1 Å². The van der Waals surface area contributed by atoms with Crippen LogP contribution in [0.1, 0.15) is 5.56 Å². The lowest BCUT2D eigenvalue weighted by Gasteiger charge is -1.89. The van der Waals surface area contributed by atoms with E-state index in [-0.39, 0.29) is 0 Å². The SMILES string of the molecule is Cc1cc[n+](B(F)F)cc1. The van der Waals surface area contributed by atoms with E-state index in [1.165, 1.54) is 12.4 Å². The van der Waals surface area contributed by atoms with Gasteiger partial charge < -0.3 is 0 Å². The number of aromatic nitrogens is 1. The number of rotatable bonds is 1. The summed E-state index contributed by atoms with van der Waals surface area (Å²) in [6, 6.07) is 3.29. The van der Waals surface area contributed by atoms with Gasteiger partial charge in [0.25, 0.3) is 0 Å². The third-order valence-corrected chi connectivity index (χ3v) is 1.24. The number of halogens is 2. The van der Waals surface area contributed by atoms with E-state index < -0.39 is 7.40 Å². The Balaban J connectivity index is 2.89. The van der Waals surface area contributed by atoms with Crippen LogP contribution in [0.2, 0.25) is 0 Å². The van der Waals surface area contributed by atoms with Gasteiger partial charge in [0.15, 0.2) is 0 Å². The average Bonchev–Trinajstić information content (AvgIpc) is 1.88. The Morgan fingerprint density at radius 3 is 2.20 bits per heavy atom. The first-order valence-electron chi connectivity index (χ1n) is 2.96. The standard InChI is InChI=1S/C6H7BF2N/c1-6-2-4-10(5-3-6)7(8)9/h2-5H,1H3/q+1. The Hall–Kier alpha value is -0.925. The molecular formula is C6H7BF2N+. The quantitative estimate of drug-likeness (QED) is 0.516. The summed E-state index contributed by atoms with van der Waals surface area (Å²) in [6.45, 7) is 1.86. The molecule has 0 unspecified atom stereocenters. The molecule has 0 aliphatic carbocycles. The van der Waals surface area contributed by atoms with Gasteiger partial charge in [-0.05, 0) is 12.5 Å². The maximum Gasteiger partial charge on any atom is 0.934 e. The van der Waals surface area contributed by atoms with Crippen LogP contribution >= 0.6 is 0 Å². The van der Waals surface area contributed by atoms with Crippen molar-refractivity contribution in [2.45, 2.75) is 6.92 Å². The third-order valence-electron chi connectivity index (χ3n) is 1.24. The molecule has 0 saturated carbocycles. The van der Waals surface area contributed by atoms with Gasteiger partial charge in [-0.25, -0.2) is 13.1 Å². The molecule has 0 aliphatic heterocycles. The van der Waals surface area contributed by atoms with Gasteiger partial charge in [-0.3, -0.25) is 0 Å². The zero-order valence-electron chi connectivity index (χ0n) is 5.59. The summed E-state index contributed by atoms with van der Waals surface area (Å²) in [7, 11) is -2.43. The summed E-state index contributed by atoms with van der Waals surface area (Å²) in [4.78, 5) is 0. The molecule has 0 amide bonds. The highest BCUT2D eigenvalue weighted by Crippen LogP contribution is 1.90. The molecular weight excluding hydrogens is 135 g/mol. The van der Waals surface area contributed by atoms with Crippen LogP contribution in [-0.2, 0) is 0 Å². The second kappa shape index (κ2) is 2.77. The molecule has 0 aromatic carbocycles. The first kappa shape index (κ1) is 7.19. The lowest BCUT2D eigenvalue weighted by atomic mass is 10.2. The van der Waals surface area contributed by atoms with E-state index in [1.54, 1.807) is 12.1 Å². The summed E-state index contributed by atoms with van der Waals surface area (Å²) >= 11 is 0. The van der Waals surface area contributed by atoms with Crippen LogP contribution in [0.5, 0.6) is 0 Å². The number of aryl methyl sites for hydroxylation is 1. The summed E-state index contributed by atoms with van der Waals surface area (Å²) in [5, 5.41) is 0. The van der Waals surface area contributed by atoms with Crippen molar-refractivity contribution < 1.29 is 13.1 Å². The fraction of sp³-hybridized carbons (Fsp3) is 0.167. The van der Waals surface area contributed by atoms with Crippen molar-refractivity contribution in [2.75, 3.05) is 0 Å². The van der Waals surface area contributed by atoms with Gasteiger partial charge in [0, 0.05) is 12.1 Å². The van der Waals surface area contributed by atoms with E-state index in [1.807, 2.05) is 6.92 Å². The molecule has 0 bridgehead atoms. The van der Waals surface area contributed by atoms with Crippen molar-refractivity contribution in [1.29, 1.82) is 0 Å². The molecule has 0 saturated heterocycles. The Bertz CT molecular complexity index is 209. The molecule has 1 aromatic heterocycles. The van der Waals surface area contributed by atoms with Crippen molar-refractivity contribution in [3.63, 3.8) is 0 Å². The van der Waals surface area contributed by atoms with Crippen LogP contribution in [0.15, 0.2) is 24.5 Å². The number of pyridine rings is 1. The van der Waals surface area contributed by atoms with Crippen LogP contribution in [0.25, 0.3) is 0 Å². The van der Waals surface area contributed by atoms with Gasteiger partial charge in [0.1, 0.15) is 12.4 Å². The molecule has 0 aliphatic rings. The Morgan fingerprint density at radius 2 is 1.80 bits per heavy atom. The van der Waals surface area contributed by atoms with Crippen molar-refractivity contribution >= 4 is 7.40 Å². The van der Waals surface area contributed by atoms with Crippen LogP contribution in [-0.4, -0.2) is 7.40 Å². The molecule has 1 nitrogen and oxygen atoms in total. The molecule has 1 rings (SSSR count). The van der Waals surface area contributed by atoms with E-state index in [0.29, 0.717) is 0 Å². The predicted molar refractivity (Wildman–Crippen MR) is 34.7 cm³/mol. The number of nitrogens with zero attached hydrogens (tertiary/aromatic N) is 1. The van der Waals surface area contributed by atoms with Crippen LogP contribution < -0.4 is 4.48 Å². The Kier molecular flexibility index (Phi) is 1.99. The molecule has 1 heterocycles. The number of hydrogen-bond acceptors (Lipinski definition) is 0. The van der Waals surface area contributed by atoms with Gasteiger partial charge >= 0.3 is 7.40 Å². The molecule has 0 spiro atoms. The van der Waals surface area contributed by atoms with Gasteiger partial charge in [-0.2, -0.15) is 0 Å². The minimum absolute atomic E-state index is 0.854. The van der Waals surface area contributed by atoms with Crippen LogP contribution in [0, 0.1) is 6.92 Å². The van der Waals surface area contributed by atoms with Gasteiger partial charge in [-0.1, -0.05) is 0 Å². The zero-order valence-corrected chi connectivity index (χ0v) is 5.59. The number of hydrogen-bond donors (Lipinski definition) is 0. The zero-order chi connectivity index (χ0) is 7.56. The van der Waals surface area contributed by atoms with Gasteiger partial charge in [0.2, 0.25) is 0 Å². The summed E-state index contributed by atoms with van der Waals surface area (Å²) < 4.78 is 24.6. The minimum atomic E-state index is -2.43. The molecule has 0 radical (unpaired) electrons. The first-order valence-corrected chi connectivity index (χ1v) is 2.96. The highest BCUT2D eigenvalue weighted by molar-refractivity contribution is 6.31. The molecule has 0 atom stereocenters. The van der Waals surface area contributed by atoms with E-state index >= 15 is 0 Å². The molecule has 1 aromatic rings. The average molecular weight is 142 g/mol. The minimum Gasteiger partial charge on any atom is -0.223 e.